The molecule has 0 atom stereocenters. The van der Waals surface area contributed by atoms with Crippen LogP contribution in [0.5, 0.6) is 0 Å². The number of aromatic nitrogens is 1. The summed E-state index contributed by atoms with van der Waals surface area (Å²) in [7, 11) is 1.34. The number of hydrogen-bond donors (Lipinski definition) is 0. The molecule has 1 heterocycles. The molecule has 0 N–H and O–H groups in total. The predicted octanol–water partition coefficient (Wildman–Crippen LogP) is 4.15. The average molecular weight is 283 g/mol. The van der Waals surface area contributed by atoms with E-state index in [1.807, 2.05) is 38.2 Å². The Labute approximate surface area is 123 Å². The van der Waals surface area contributed by atoms with E-state index in [1.165, 1.54) is 7.11 Å². The normalized spacial score (nSPS) is 12.6. The number of fused-ring (bicyclic) bond motifs is 1. The number of methoxy groups -OCH3 is 1. The monoisotopic (exact) mass is 283 g/mol. The molecule has 0 radical (unpaired) electrons. The van der Waals surface area contributed by atoms with Crippen molar-refractivity contribution in [2.75, 3.05) is 7.11 Å². The SMILES string of the molecule is CC=CC(C=Cc1nc2c(C(=O)OC)cccc2o1)=CC. The number of hydrogen-bond acceptors (Lipinski definition) is 4. The van der Waals surface area contributed by atoms with E-state index in [-0.39, 0.29) is 0 Å². The molecule has 0 unspecified atom stereocenters. The van der Waals surface area contributed by atoms with Crippen LogP contribution >= 0.6 is 0 Å². The molecule has 1 aromatic heterocycles. The standard InChI is InChI=1S/C17H17NO3/c1-4-7-12(5-2)10-11-15-18-16-13(17(19)20-3)8-6-9-14(16)21-15/h4-11H,1-3H3. The summed E-state index contributed by atoms with van der Waals surface area (Å²) in [5.41, 5.74) is 2.52. The van der Waals surface area contributed by atoms with Crippen molar-refractivity contribution in [1.82, 2.24) is 4.98 Å². The summed E-state index contributed by atoms with van der Waals surface area (Å²) >= 11 is 0. The fourth-order valence-electron chi connectivity index (χ4n) is 1.92. The fraction of sp³-hybridized carbons (Fsp3) is 0.176. The van der Waals surface area contributed by atoms with Gasteiger partial charge >= 0.3 is 5.97 Å². The quantitative estimate of drug-likeness (QED) is 0.624. The fourth-order valence-corrected chi connectivity index (χ4v) is 1.92. The summed E-state index contributed by atoms with van der Waals surface area (Å²) in [5, 5.41) is 0. The van der Waals surface area contributed by atoms with E-state index in [2.05, 4.69) is 4.98 Å². The van der Waals surface area contributed by atoms with Gasteiger partial charge in [0.2, 0.25) is 5.89 Å². The van der Waals surface area contributed by atoms with Gasteiger partial charge in [-0.2, -0.15) is 0 Å². The van der Waals surface area contributed by atoms with Crippen molar-refractivity contribution in [3.05, 3.63) is 59.5 Å². The van der Waals surface area contributed by atoms with E-state index in [1.54, 1.807) is 24.3 Å². The van der Waals surface area contributed by atoms with Crippen molar-refractivity contribution < 1.29 is 13.9 Å². The first-order valence-electron chi connectivity index (χ1n) is 6.64. The number of carbonyl (C=O) groups excluding carboxylic acids is 1. The lowest BCUT2D eigenvalue weighted by atomic mass is 10.2. The number of rotatable bonds is 4. The molecule has 0 saturated carbocycles. The Morgan fingerprint density at radius 3 is 2.76 bits per heavy atom. The molecule has 0 amide bonds. The maximum absolute atomic E-state index is 11.7. The second-order valence-corrected chi connectivity index (χ2v) is 4.32. The number of nitrogens with zero attached hydrogens (tertiary/aromatic N) is 1. The minimum Gasteiger partial charge on any atom is -0.465 e. The third-order valence-electron chi connectivity index (χ3n) is 2.95. The first-order valence-corrected chi connectivity index (χ1v) is 6.64. The molecule has 0 saturated heterocycles. The molecular formula is C17H17NO3. The highest BCUT2D eigenvalue weighted by molar-refractivity contribution is 6.01. The second kappa shape index (κ2) is 6.70. The van der Waals surface area contributed by atoms with Crippen LogP contribution in [0.2, 0.25) is 0 Å². The zero-order valence-electron chi connectivity index (χ0n) is 12.3. The van der Waals surface area contributed by atoms with Gasteiger partial charge in [-0.25, -0.2) is 9.78 Å². The summed E-state index contributed by atoms with van der Waals surface area (Å²) in [6.45, 7) is 3.92. The molecule has 0 fully saturated rings. The van der Waals surface area contributed by atoms with E-state index in [0.29, 0.717) is 22.6 Å². The van der Waals surface area contributed by atoms with Crippen molar-refractivity contribution in [2.45, 2.75) is 13.8 Å². The zero-order valence-corrected chi connectivity index (χ0v) is 12.3. The summed E-state index contributed by atoms with van der Waals surface area (Å²) in [5.74, 6) is 0.0256. The van der Waals surface area contributed by atoms with Crippen LogP contribution in [0, 0.1) is 0 Å². The number of esters is 1. The Kier molecular flexibility index (Phi) is 4.72. The highest BCUT2D eigenvalue weighted by atomic mass is 16.5. The van der Waals surface area contributed by atoms with Gasteiger partial charge in [-0.3, -0.25) is 0 Å². The van der Waals surface area contributed by atoms with E-state index in [0.717, 1.165) is 5.57 Å². The topological polar surface area (TPSA) is 52.3 Å². The highest BCUT2D eigenvalue weighted by Crippen LogP contribution is 2.21. The van der Waals surface area contributed by atoms with Crippen molar-refractivity contribution in [3.8, 4) is 0 Å². The number of ether oxygens (including phenoxy) is 1. The van der Waals surface area contributed by atoms with E-state index >= 15 is 0 Å². The first kappa shape index (κ1) is 14.8. The number of para-hydroxylation sites is 1. The molecule has 4 heteroatoms. The van der Waals surface area contributed by atoms with Crippen molar-refractivity contribution >= 4 is 23.1 Å². The van der Waals surface area contributed by atoms with Crippen LogP contribution < -0.4 is 0 Å². The van der Waals surface area contributed by atoms with Gasteiger partial charge in [0.05, 0.1) is 12.7 Å². The van der Waals surface area contributed by atoms with Gasteiger partial charge in [0, 0.05) is 6.08 Å². The van der Waals surface area contributed by atoms with Gasteiger partial charge in [-0.15, -0.1) is 0 Å². The van der Waals surface area contributed by atoms with E-state index in [9.17, 15) is 4.79 Å². The molecule has 0 aliphatic rings. The van der Waals surface area contributed by atoms with Gasteiger partial charge in [0.15, 0.2) is 5.58 Å². The molecule has 1 aromatic carbocycles. The maximum atomic E-state index is 11.7. The van der Waals surface area contributed by atoms with Gasteiger partial charge in [-0.05, 0) is 37.6 Å². The lowest BCUT2D eigenvalue weighted by Gasteiger charge is -1.97. The van der Waals surface area contributed by atoms with E-state index in [4.69, 9.17) is 9.15 Å². The van der Waals surface area contributed by atoms with Crippen LogP contribution in [-0.4, -0.2) is 18.1 Å². The molecule has 108 valence electrons. The zero-order chi connectivity index (χ0) is 15.2. The van der Waals surface area contributed by atoms with Crippen LogP contribution in [-0.2, 0) is 4.74 Å². The van der Waals surface area contributed by atoms with Crippen LogP contribution in [0.25, 0.3) is 17.2 Å². The molecule has 0 aliphatic carbocycles. The minimum atomic E-state index is -0.424. The van der Waals surface area contributed by atoms with Crippen LogP contribution in [0.4, 0.5) is 0 Å². The number of allylic oxidation sites excluding steroid dienone is 5. The summed E-state index contributed by atoms with van der Waals surface area (Å²) in [6, 6.07) is 5.18. The van der Waals surface area contributed by atoms with Crippen molar-refractivity contribution in [3.63, 3.8) is 0 Å². The van der Waals surface area contributed by atoms with Crippen molar-refractivity contribution in [2.24, 2.45) is 0 Å². The van der Waals surface area contributed by atoms with E-state index < -0.39 is 5.97 Å². The third-order valence-corrected chi connectivity index (χ3v) is 2.95. The summed E-state index contributed by atoms with van der Waals surface area (Å²) < 4.78 is 10.4. The van der Waals surface area contributed by atoms with Gasteiger partial charge in [0.1, 0.15) is 5.52 Å². The smallest absolute Gasteiger partial charge is 0.340 e. The second-order valence-electron chi connectivity index (χ2n) is 4.32. The summed E-state index contributed by atoms with van der Waals surface area (Å²) in [4.78, 5) is 16.0. The largest absolute Gasteiger partial charge is 0.465 e. The van der Waals surface area contributed by atoms with Crippen LogP contribution in [0.3, 0.4) is 0 Å². The van der Waals surface area contributed by atoms with Gasteiger partial charge in [-0.1, -0.05) is 24.3 Å². The predicted molar refractivity (Wildman–Crippen MR) is 83.0 cm³/mol. The first-order chi connectivity index (χ1) is 10.2. The lowest BCUT2D eigenvalue weighted by Crippen LogP contribution is -2.01. The summed E-state index contributed by atoms with van der Waals surface area (Å²) in [6.07, 6.45) is 9.61. The molecule has 2 rings (SSSR count). The Morgan fingerprint density at radius 1 is 1.29 bits per heavy atom. The Hall–Kier alpha value is -2.62. The molecule has 0 bridgehead atoms. The number of benzene rings is 1. The Bertz CT molecular complexity index is 736. The molecular weight excluding hydrogens is 266 g/mol. The van der Waals surface area contributed by atoms with Gasteiger partial charge in [0.25, 0.3) is 0 Å². The lowest BCUT2D eigenvalue weighted by molar-refractivity contribution is 0.0603. The molecule has 4 nitrogen and oxygen atoms in total. The Balaban J connectivity index is 2.40. The number of carbonyl (C=O) groups is 1. The molecule has 0 aliphatic heterocycles. The highest BCUT2D eigenvalue weighted by Gasteiger charge is 2.14. The van der Waals surface area contributed by atoms with Crippen LogP contribution in [0.15, 0.2) is 52.5 Å². The average Bonchev–Trinajstić information content (AvgIpc) is 2.93. The number of oxazole rings is 1. The minimum absolute atomic E-state index is 0.401. The van der Waals surface area contributed by atoms with Gasteiger partial charge < -0.3 is 9.15 Å². The Morgan fingerprint density at radius 2 is 2.10 bits per heavy atom. The molecule has 21 heavy (non-hydrogen) atoms. The third kappa shape index (κ3) is 3.28. The molecule has 2 aromatic rings. The van der Waals surface area contributed by atoms with Crippen molar-refractivity contribution in [1.29, 1.82) is 0 Å². The molecule has 0 spiro atoms. The van der Waals surface area contributed by atoms with Crippen LogP contribution in [0.1, 0.15) is 30.1 Å². The maximum Gasteiger partial charge on any atom is 0.340 e.